The molecule has 100 valence electrons. The number of rotatable bonds is 2. The van der Waals surface area contributed by atoms with Gasteiger partial charge >= 0.3 is 0 Å². The van der Waals surface area contributed by atoms with Crippen molar-refractivity contribution in [1.82, 2.24) is 9.78 Å². The number of para-hydroxylation sites is 1. The van der Waals surface area contributed by atoms with Gasteiger partial charge < -0.3 is 0 Å². The van der Waals surface area contributed by atoms with Gasteiger partial charge in [0.05, 0.1) is 11.1 Å². The first-order valence-electron chi connectivity index (χ1n) is 6.30. The number of benzene rings is 2. The lowest BCUT2D eigenvalue weighted by molar-refractivity contribution is 0.103. The van der Waals surface area contributed by atoms with E-state index in [9.17, 15) is 9.18 Å². The van der Waals surface area contributed by atoms with Crippen LogP contribution in [-0.4, -0.2) is 15.6 Å². The molecular weight excluding hydrogens is 255 g/mol. The maximum Gasteiger partial charge on any atom is 0.216 e. The molecule has 0 bridgehead atoms. The summed E-state index contributed by atoms with van der Waals surface area (Å²) in [5, 5.41) is 4.97. The summed E-state index contributed by atoms with van der Waals surface area (Å²) in [6.45, 7) is 1.83. The fraction of sp³-hybridized carbons (Fsp3) is 0.125. The van der Waals surface area contributed by atoms with Crippen molar-refractivity contribution in [2.75, 3.05) is 0 Å². The molecule has 0 aliphatic rings. The molecule has 0 amide bonds. The van der Waals surface area contributed by atoms with Crippen molar-refractivity contribution in [3.8, 4) is 0 Å². The number of ketones is 1. The number of aryl methyl sites for hydroxylation is 2. The van der Waals surface area contributed by atoms with Crippen molar-refractivity contribution < 1.29 is 9.18 Å². The summed E-state index contributed by atoms with van der Waals surface area (Å²) in [5.74, 6) is -0.904. The van der Waals surface area contributed by atoms with Crippen LogP contribution in [0, 0.1) is 12.7 Å². The lowest BCUT2D eigenvalue weighted by Crippen LogP contribution is -2.06. The van der Waals surface area contributed by atoms with Crippen molar-refractivity contribution in [2.45, 2.75) is 6.92 Å². The maximum atomic E-state index is 13.9. The molecule has 0 fully saturated rings. The molecule has 0 spiro atoms. The number of aromatic nitrogens is 2. The Hall–Kier alpha value is -2.49. The monoisotopic (exact) mass is 268 g/mol. The molecule has 3 rings (SSSR count). The van der Waals surface area contributed by atoms with Gasteiger partial charge in [-0.2, -0.15) is 5.10 Å². The van der Waals surface area contributed by atoms with Gasteiger partial charge in [0.1, 0.15) is 11.5 Å². The average molecular weight is 268 g/mol. The van der Waals surface area contributed by atoms with Crippen LogP contribution in [0.3, 0.4) is 0 Å². The summed E-state index contributed by atoms with van der Waals surface area (Å²) in [7, 11) is 1.77. The fourth-order valence-corrected chi connectivity index (χ4v) is 2.32. The first kappa shape index (κ1) is 12.5. The molecule has 0 radical (unpaired) electrons. The minimum absolute atomic E-state index is 0.0638. The molecule has 20 heavy (non-hydrogen) atoms. The molecule has 2 aromatic carbocycles. The third-order valence-corrected chi connectivity index (χ3v) is 3.34. The van der Waals surface area contributed by atoms with E-state index in [1.807, 2.05) is 31.2 Å². The van der Waals surface area contributed by atoms with Gasteiger partial charge in [-0.1, -0.05) is 29.8 Å². The van der Waals surface area contributed by atoms with Crippen molar-refractivity contribution in [3.05, 3.63) is 65.1 Å². The fourth-order valence-electron chi connectivity index (χ4n) is 2.32. The average Bonchev–Trinajstić information content (AvgIpc) is 2.79. The maximum absolute atomic E-state index is 13.9. The zero-order valence-corrected chi connectivity index (χ0v) is 11.2. The van der Waals surface area contributed by atoms with E-state index in [1.165, 1.54) is 6.07 Å². The van der Waals surface area contributed by atoms with Gasteiger partial charge in [-0.15, -0.1) is 0 Å². The van der Waals surface area contributed by atoms with E-state index >= 15 is 0 Å². The number of nitrogens with zero attached hydrogens (tertiary/aromatic N) is 2. The molecule has 1 aromatic heterocycles. The summed E-state index contributed by atoms with van der Waals surface area (Å²) >= 11 is 0. The molecule has 0 atom stereocenters. The summed E-state index contributed by atoms with van der Waals surface area (Å²) in [6, 6.07) is 11.9. The highest BCUT2D eigenvalue weighted by Gasteiger charge is 2.20. The molecule has 0 saturated carbocycles. The Morgan fingerprint density at radius 2 is 1.95 bits per heavy atom. The van der Waals surface area contributed by atoms with E-state index < -0.39 is 5.82 Å². The summed E-state index contributed by atoms with van der Waals surface area (Å²) in [4.78, 5) is 12.5. The zero-order chi connectivity index (χ0) is 14.3. The molecular formula is C16H13FN2O. The lowest BCUT2D eigenvalue weighted by atomic mass is 10.0. The third-order valence-electron chi connectivity index (χ3n) is 3.34. The number of fused-ring (bicyclic) bond motifs is 1. The van der Waals surface area contributed by atoms with E-state index in [0.29, 0.717) is 0 Å². The zero-order valence-electron chi connectivity index (χ0n) is 11.2. The van der Waals surface area contributed by atoms with E-state index in [-0.39, 0.29) is 17.0 Å². The van der Waals surface area contributed by atoms with Crippen LogP contribution < -0.4 is 0 Å². The smallest absolute Gasteiger partial charge is 0.216 e. The minimum atomic E-state index is -0.518. The van der Waals surface area contributed by atoms with Crippen LogP contribution in [0.2, 0.25) is 0 Å². The number of carbonyl (C=O) groups is 1. The van der Waals surface area contributed by atoms with E-state index in [1.54, 1.807) is 23.9 Å². The molecule has 4 heteroatoms. The van der Waals surface area contributed by atoms with Crippen LogP contribution in [0.4, 0.5) is 4.39 Å². The van der Waals surface area contributed by atoms with E-state index in [0.717, 1.165) is 16.5 Å². The minimum Gasteiger partial charge on any atom is -0.287 e. The Labute approximate surface area is 115 Å². The second kappa shape index (κ2) is 4.56. The first-order chi connectivity index (χ1) is 9.58. The summed E-state index contributed by atoms with van der Waals surface area (Å²) in [6.07, 6.45) is 0. The van der Waals surface area contributed by atoms with Crippen molar-refractivity contribution in [1.29, 1.82) is 0 Å². The van der Waals surface area contributed by atoms with Crippen molar-refractivity contribution in [2.24, 2.45) is 7.05 Å². The van der Waals surface area contributed by atoms with Gasteiger partial charge in [0.2, 0.25) is 5.78 Å². The van der Waals surface area contributed by atoms with Crippen LogP contribution in [-0.2, 0) is 7.05 Å². The Kier molecular flexibility index (Phi) is 2.86. The standard InChI is InChI=1S/C16H13FN2O/c1-10-7-8-13(17)12(9-10)16(20)15-11-5-3-4-6-14(11)19(2)18-15/h3-9H,1-2H3. The molecule has 0 aliphatic heterocycles. The highest BCUT2D eigenvalue weighted by Crippen LogP contribution is 2.22. The van der Waals surface area contributed by atoms with Gasteiger partial charge in [-0.3, -0.25) is 9.48 Å². The van der Waals surface area contributed by atoms with Gasteiger partial charge in [-0.25, -0.2) is 4.39 Å². The van der Waals surface area contributed by atoms with Crippen LogP contribution in [0.1, 0.15) is 21.6 Å². The van der Waals surface area contributed by atoms with Crippen LogP contribution in [0.25, 0.3) is 10.9 Å². The van der Waals surface area contributed by atoms with Gasteiger partial charge in [-0.05, 0) is 25.1 Å². The second-order valence-corrected chi connectivity index (χ2v) is 4.80. The second-order valence-electron chi connectivity index (χ2n) is 4.80. The van der Waals surface area contributed by atoms with E-state index in [2.05, 4.69) is 5.10 Å². The Bertz CT molecular complexity index is 820. The number of carbonyl (C=O) groups excluding carboxylic acids is 1. The van der Waals surface area contributed by atoms with Gasteiger partial charge in [0.25, 0.3) is 0 Å². The Morgan fingerprint density at radius 3 is 2.75 bits per heavy atom. The molecule has 0 aliphatic carbocycles. The highest BCUT2D eigenvalue weighted by atomic mass is 19.1. The van der Waals surface area contributed by atoms with Crippen molar-refractivity contribution in [3.63, 3.8) is 0 Å². The molecule has 1 heterocycles. The quantitative estimate of drug-likeness (QED) is 0.669. The topological polar surface area (TPSA) is 34.9 Å². The molecule has 0 N–H and O–H groups in total. The molecule has 3 nitrogen and oxygen atoms in total. The number of hydrogen-bond acceptors (Lipinski definition) is 2. The summed E-state index contributed by atoms with van der Waals surface area (Å²) < 4.78 is 15.5. The van der Waals surface area contributed by atoms with Crippen molar-refractivity contribution >= 4 is 16.7 Å². The van der Waals surface area contributed by atoms with Gasteiger partial charge in [0.15, 0.2) is 0 Å². The number of hydrogen-bond donors (Lipinski definition) is 0. The van der Waals surface area contributed by atoms with Crippen LogP contribution >= 0.6 is 0 Å². The van der Waals surface area contributed by atoms with Gasteiger partial charge in [0, 0.05) is 12.4 Å². The lowest BCUT2D eigenvalue weighted by Gasteiger charge is -2.02. The molecule has 3 aromatic rings. The molecule has 0 saturated heterocycles. The SMILES string of the molecule is Cc1ccc(F)c(C(=O)c2nn(C)c3ccccc23)c1. The number of halogens is 1. The summed E-state index contributed by atoms with van der Waals surface area (Å²) in [5.41, 5.74) is 2.04. The van der Waals surface area contributed by atoms with Crippen LogP contribution in [0.15, 0.2) is 42.5 Å². The molecule has 0 unspecified atom stereocenters. The third kappa shape index (κ3) is 1.90. The van der Waals surface area contributed by atoms with Crippen LogP contribution in [0.5, 0.6) is 0 Å². The Balaban J connectivity index is 2.20. The Morgan fingerprint density at radius 1 is 1.20 bits per heavy atom. The highest BCUT2D eigenvalue weighted by molar-refractivity contribution is 6.15. The van der Waals surface area contributed by atoms with E-state index in [4.69, 9.17) is 0 Å². The first-order valence-corrected chi connectivity index (χ1v) is 6.30. The largest absolute Gasteiger partial charge is 0.287 e. The predicted molar refractivity (Wildman–Crippen MR) is 75.3 cm³/mol. The normalized spacial score (nSPS) is 10.9. The predicted octanol–water partition coefficient (Wildman–Crippen LogP) is 3.25.